The maximum atomic E-state index is 11.9. The number of benzene rings is 2. The van der Waals surface area contributed by atoms with Crippen molar-refractivity contribution >= 4 is 5.97 Å². The third-order valence-corrected chi connectivity index (χ3v) is 3.01. The van der Waals surface area contributed by atoms with Crippen molar-refractivity contribution in [2.45, 2.75) is 33.8 Å². The average molecular weight is 284 g/mol. The zero-order chi connectivity index (χ0) is 15.5. The van der Waals surface area contributed by atoms with Crippen LogP contribution in [0, 0.1) is 5.92 Å². The highest BCUT2D eigenvalue weighted by atomic mass is 16.5. The van der Waals surface area contributed by atoms with Gasteiger partial charge >= 0.3 is 5.97 Å². The Bertz CT molecular complexity index is 506. The Morgan fingerprint density at radius 2 is 1.38 bits per heavy atom. The van der Waals surface area contributed by atoms with Gasteiger partial charge in [0.05, 0.1) is 5.92 Å². The zero-order valence-electron chi connectivity index (χ0n) is 13.1. The molecular weight excluding hydrogens is 260 g/mol. The lowest BCUT2D eigenvalue weighted by atomic mass is 10.0. The topological polar surface area (TPSA) is 26.3 Å². The molecule has 0 heterocycles. The second-order valence-electron chi connectivity index (χ2n) is 4.68. The summed E-state index contributed by atoms with van der Waals surface area (Å²) in [6.45, 7) is 6.25. The highest BCUT2D eigenvalue weighted by Crippen LogP contribution is 2.11. The van der Waals surface area contributed by atoms with Gasteiger partial charge in [-0.2, -0.15) is 0 Å². The van der Waals surface area contributed by atoms with E-state index in [1.54, 1.807) is 0 Å². The van der Waals surface area contributed by atoms with Crippen LogP contribution in [0.3, 0.4) is 0 Å². The van der Waals surface area contributed by atoms with E-state index in [9.17, 15) is 4.79 Å². The quantitative estimate of drug-likeness (QED) is 0.748. The number of carbonyl (C=O) groups is 1. The van der Waals surface area contributed by atoms with E-state index >= 15 is 0 Å². The summed E-state index contributed by atoms with van der Waals surface area (Å²) in [5.74, 6) is -0.265. The Balaban J connectivity index is 0.00000106. The summed E-state index contributed by atoms with van der Waals surface area (Å²) in [4.78, 5) is 11.9. The summed E-state index contributed by atoms with van der Waals surface area (Å²) in [5.41, 5.74) is 2.18. The van der Waals surface area contributed by atoms with E-state index in [2.05, 4.69) is 0 Å². The second kappa shape index (κ2) is 9.76. The molecule has 0 aromatic heterocycles. The first-order valence-electron chi connectivity index (χ1n) is 7.50. The van der Waals surface area contributed by atoms with Crippen molar-refractivity contribution in [1.82, 2.24) is 0 Å². The molecule has 2 aromatic carbocycles. The molecule has 0 unspecified atom stereocenters. The monoisotopic (exact) mass is 284 g/mol. The van der Waals surface area contributed by atoms with Crippen molar-refractivity contribution in [2.24, 2.45) is 5.92 Å². The molecule has 2 nitrogen and oxygen atoms in total. The van der Waals surface area contributed by atoms with Gasteiger partial charge in [0.25, 0.3) is 0 Å². The SMILES string of the molecule is CC.C[C@H](Cc1ccccc1)C(=O)OCc1ccccc1. The molecule has 0 N–H and O–H groups in total. The molecule has 0 saturated heterocycles. The first-order valence-corrected chi connectivity index (χ1v) is 7.50. The van der Waals surface area contributed by atoms with Crippen LogP contribution in [0.1, 0.15) is 31.9 Å². The van der Waals surface area contributed by atoms with Gasteiger partial charge in [-0.05, 0) is 17.5 Å². The van der Waals surface area contributed by atoms with Crippen molar-refractivity contribution < 1.29 is 9.53 Å². The molecule has 0 aliphatic carbocycles. The van der Waals surface area contributed by atoms with Crippen molar-refractivity contribution in [2.75, 3.05) is 0 Å². The number of rotatable bonds is 5. The fourth-order valence-electron chi connectivity index (χ4n) is 1.92. The summed E-state index contributed by atoms with van der Waals surface area (Å²) in [6, 6.07) is 19.7. The van der Waals surface area contributed by atoms with Crippen LogP contribution in [0.2, 0.25) is 0 Å². The molecule has 0 aliphatic heterocycles. The minimum atomic E-state index is -0.146. The third kappa shape index (κ3) is 6.26. The predicted molar refractivity (Wildman–Crippen MR) is 86.9 cm³/mol. The fourth-order valence-corrected chi connectivity index (χ4v) is 1.92. The van der Waals surface area contributed by atoms with Crippen LogP contribution in [-0.4, -0.2) is 5.97 Å². The molecule has 2 rings (SSSR count). The van der Waals surface area contributed by atoms with Gasteiger partial charge in [0.1, 0.15) is 6.61 Å². The van der Waals surface area contributed by atoms with E-state index in [1.807, 2.05) is 81.4 Å². The summed E-state index contributed by atoms with van der Waals surface area (Å²) in [6.07, 6.45) is 0.717. The molecule has 2 aromatic rings. The lowest BCUT2D eigenvalue weighted by Gasteiger charge is -2.11. The number of hydrogen-bond acceptors (Lipinski definition) is 2. The van der Waals surface area contributed by atoms with Gasteiger partial charge in [-0.1, -0.05) is 81.4 Å². The van der Waals surface area contributed by atoms with E-state index in [0.717, 1.165) is 11.1 Å². The Labute approximate surface area is 127 Å². The maximum absolute atomic E-state index is 11.9. The molecule has 1 atom stereocenters. The molecule has 21 heavy (non-hydrogen) atoms. The average Bonchev–Trinajstić information content (AvgIpc) is 2.56. The molecule has 112 valence electrons. The summed E-state index contributed by atoms with van der Waals surface area (Å²) in [5, 5.41) is 0. The molecule has 2 heteroatoms. The highest BCUT2D eigenvalue weighted by molar-refractivity contribution is 5.72. The lowest BCUT2D eigenvalue weighted by Crippen LogP contribution is -2.16. The summed E-state index contributed by atoms with van der Waals surface area (Å²) >= 11 is 0. The largest absolute Gasteiger partial charge is 0.461 e. The summed E-state index contributed by atoms with van der Waals surface area (Å²) < 4.78 is 5.32. The third-order valence-electron chi connectivity index (χ3n) is 3.01. The summed E-state index contributed by atoms with van der Waals surface area (Å²) in [7, 11) is 0. The Morgan fingerprint density at radius 3 is 1.90 bits per heavy atom. The molecule has 0 radical (unpaired) electrons. The van der Waals surface area contributed by atoms with Gasteiger partial charge in [-0.15, -0.1) is 0 Å². The van der Waals surface area contributed by atoms with Gasteiger partial charge in [0.15, 0.2) is 0 Å². The van der Waals surface area contributed by atoms with E-state index in [1.165, 1.54) is 0 Å². The van der Waals surface area contributed by atoms with Crippen molar-refractivity contribution in [1.29, 1.82) is 0 Å². The van der Waals surface area contributed by atoms with Crippen molar-refractivity contribution in [3.8, 4) is 0 Å². The van der Waals surface area contributed by atoms with Crippen LogP contribution < -0.4 is 0 Å². The van der Waals surface area contributed by atoms with Gasteiger partial charge in [-0.25, -0.2) is 0 Å². The Morgan fingerprint density at radius 1 is 0.905 bits per heavy atom. The molecule has 0 spiro atoms. The van der Waals surface area contributed by atoms with Crippen LogP contribution in [0.5, 0.6) is 0 Å². The lowest BCUT2D eigenvalue weighted by molar-refractivity contribution is -0.149. The van der Waals surface area contributed by atoms with Crippen LogP contribution in [0.25, 0.3) is 0 Å². The highest BCUT2D eigenvalue weighted by Gasteiger charge is 2.14. The standard InChI is InChI=1S/C17H18O2.C2H6/c1-14(12-15-8-4-2-5-9-15)17(18)19-13-16-10-6-3-7-11-16;1-2/h2-11,14H,12-13H2,1H3;1-2H3/t14-;/m1./s1. The first kappa shape index (κ1) is 17.0. The molecule has 0 amide bonds. The number of carbonyl (C=O) groups excluding carboxylic acids is 1. The normalized spacial score (nSPS) is 11.0. The van der Waals surface area contributed by atoms with E-state index < -0.39 is 0 Å². The Kier molecular flexibility index (Phi) is 7.88. The van der Waals surface area contributed by atoms with Crippen LogP contribution >= 0.6 is 0 Å². The zero-order valence-corrected chi connectivity index (χ0v) is 13.1. The van der Waals surface area contributed by atoms with Crippen LogP contribution in [-0.2, 0) is 22.6 Å². The smallest absolute Gasteiger partial charge is 0.309 e. The molecule has 0 saturated carbocycles. The van der Waals surface area contributed by atoms with E-state index in [-0.39, 0.29) is 11.9 Å². The molecule has 0 aliphatic rings. The van der Waals surface area contributed by atoms with Gasteiger partial charge < -0.3 is 4.74 Å². The van der Waals surface area contributed by atoms with Crippen LogP contribution in [0.15, 0.2) is 60.7 Å². The van der Waals surface area contributed by atoms with Crippen LogP contribution in [0.4, 0.5) is 0 Å². The van der Waals surface area contributed by atoms with Crippen molar-refractivity contribution in [3.63, 3.8) is 0 Å². The number of ether oxygens (including phenoxy) is 1. The molecule has 0 fully saturated rings. The van der Waals surface area contributed by atoms with E-state index in [0.29, 0.717) is 13.0 Å². The molecular formula is C19H24O2. The number of hydrogen-bond donors (Lipinski definition) is 0. The Hall–Kier alpha value is -2.09. The second-order valence-corrected chi connectivity index (χ2v) is 4.68. The molecule has 0 bridgehead atoms. The maximum Gasteiger partial charge on any atom is 0.309 e. The van der Waals surface area contributed by atoms with Crippen molar-refractivity contribution in [3.05, 3.63) is 71.8 Å². The first-order chi connectivity index (χ1) is 10.3. The van der Waals surface area contributed by atoms with Gasteiger partial charge in [-0.3, -0.25) is 4.79 Å². The minimum absolute atomic E-state index is 0.119. The fraction of sp³-hybridized carbons (Fsp3) is 0.316. The van der Waals surface area contributed by atoms with E-state index in [4.69, 9.17) is 4.74 Å². The predicted octanol–water partition coefficient (Wildman–Crippen LogP) is 4.63. The van der Waals surface area contributed by atoms with Gasteiger partial charge in [0.2, 0.25) is 0 Å². The minimum Gasteiger partial charge on any atom is -0.461 e. The van der Waals surface area contributed by atoms with Gasteiger partial charge in [0, 0.05) is 0 Å². The number of esters is 1.